The maximum atomic E-state index is 12.4. The predicted molar refractivity (Wildman–Crippen MR) is 76.4 cm³/mol. The Kier molecular flexibility index (Phi) is 4.16. The largest absolute Gasteiger partial charge is 0.389 e. The van der Waals surface area contributed by atoms with Crippen molar-refractivity contribution < 1.29 is 13.5 Å². The third-order valence-electron chi connectivity index (χ3n) is 3.24. The van der Waals surface area contributed by atoms with E-state index in [1.165, 1.54) is 16.4 Å². The highest BCUT2D eigenvalue weighted by Gasteiger charge is 2.38. The molecule has 1 aromatic carbocycles. The minimum Gasteiger partial charge on any atom is -0.389 e. The fourth-order valence-electron chi connectivity index (χ4n) is 2.12. The monoisotopic (exact) mass is 294 g/mol. The molecule has 1 fully saturated rings. The van der Waals surface area contributed by atoms with Gasteiger partial charge in [0.15, 0.2) is 0 Å². The first-order valence-electron chi connectivity index (χ1n) is 6.37. The van der Waals surface area contributed by atoms with Gasteiger partial charge in [0, 0.05) is 18.7 Å². The number of rotatable bonds is 2. The van der Waals surface area contributed by atoms with Crippen molar-refractivity contribution in [2.45, 2.75) is 23.8 Å². The van der Waals surface area contributed by atoms with Crippen molar-refractivity contribution in [1.82, 2.24) is 4.31 Å². The second kappa shape index (κ2) is 5.54. The summed E-state index contributed by atoms with van der Waals surface area (Å²) in [5.74, 6) is 5.56. The van der Waals surface area contributed by atoms with E-state index in [-0.39, 0.29) is 18.0 Å². The highest BCUT2D eigenvalue weighted by Crippen LogP contribution is 2.26. The van der Waals surface area contributed by atoms with Gasteiger partial charge in [0.1, 0.15) is 0 Å². The Hall–Kier alpha value is -1.39. The molecule has 0 saturated carbocycles. The van der Waals surface area contributed by atoms with E-state index in [1.54, 1.807) is 19.1 Å². The zero-order valence-corrected chi connectivity index (χ0v) is 12.2. The van der Waals surface area contributed by atoms with Crippen molar-refractivity contribution >= 4 is 10.0 Å². The number of hydrogen-bond acceptors (Lipinski definition) is 4. The maximum absolute atomic E-state index is 12.4. The normalized spacial score (nSPS) is 23.4. The summed E-state index contributed by atoms with van der Waals surface area (Å²) in [6.45, 7) is 2.38. The maximum Gasteiger partial charge on any atom is 0.243 e. The molecule has 0 amide bonds. The number of benzene rings is 1. The molecule has 1 aromatic rings. The Bertz CT molecular complexity index is 639. The lowest BCUT2D eigenvalue weighted by molar-refractivity contribution is 0.0762. The van der Waals surface area contributed by atoms with Gasteiger partial charge in [-0.1, -0.05) is 11.8 Å². The molecule has 1 saturated heterocycles. The summed E-state index contributed by atoms with van der Waals surface area (Å²) in [7, 11) is -3.55. The number of aliphatic hydroxyl groups is 1. The van der Waals surface area contributed by atoms with E-state index in [2.05, 4.69) is 11.8 Å². The van der Waals surface area contributed by atoms with Crippen LogP contribution in [0, 0.1) is 11.8 Å². The van der Waals surface area contributed by atoms with E-state index in [1.807, 2.05) is 0 Å². The summed E-state index contributed by atoms with van der Waals surface area (Å²) in [6.07, 6.45) is 0.451. The predicted octanol–water partition coefficient (Wildman–Crippen LogP) is 0.142. The Morgan fingerprint density at radius 2 is 2.05 bits per heavy atom. The first kappa shape index (κ1) is 15.0. The number of hydrogen-bond donors (Lipinski definition) is 2. The molecule has 1 aliphatic rings. The fourth-order valence-corrected chi connectivity index (χ4v) is 3.68. The summed E-state index contributed by atoms with van der Waals surface area (Å²) < 4.78 is 26.1. The standard InChI is InChI=1S/C14H18N2O3S/c1-14(17)8-10-16(11-14)20(18,19)13-6-4-12(5-7-13)3-2-9-15/h4-7,17H,8-11,15H2,1H3. The quantitative estimate of drug-likeness (QED) is 0.760. The molecule has 1 aliphatic heterocycles. The van der Waals surface area contributed by atoms with Crippen LogP contribution in [-0.4, -0.2) is 43.1 Å². The molecule has 0 spiro atoms. The van der Waals surface area contributed by atoms with Crippen LogP contribution >= 0.6 is 0 Å². The van der Waals surface area contributed by atoms with Gasteiger partial charge in [-0.25, -0.2) is 8.42 Å². The zero-order valence-electron chi connectivity index (χ0n) is 11.3. The number of β-amino-alcohol motifs (C(OH)–C–C–N with tert-alkyl or cyclic N) is 1. The van der Waals surface area contributed by atoms with Crippen LogP contribution in [0.3, 0.4) is 0 Å². The van der Waals surface area contributed by atoms with Crippen LogP contribution in [0.15, 0.2) is 29.2 Å². The second-order valence-corrected chi connectivity index (χ2v) is 7.05. The van der Waals surface area contributed by atoms with Gasteiger partial charge in [0.2, 0.25) is 10.0 Å². The lowest BCUT2D eigenvalue weighted by Crippen LogP contribution is -2.33. The van der Waals surface area contributed by atoms with Crippen LogP contribution in [0.25, 0.3) is 0 Å². The Balaban J connectivity index is 2.22. The van der Waals surface area contributed by atoms with Gasteiger partial charge in [0.25, 0.3) is 0 Å². The molecule has 1 heterocycles. The molecular weight excluding hydrogens is 276 g/mol. The van der Waals surface area contributed by atoms with E-state index >= 15 is 0 Å². The summed E-state index contributed by atoms with van der Waals surface area (Å²) in [5.41, 5.74) is 5.06. The molecule has 3 N–H and O–H groups in total. The van der Waals surface area contributed by atoms with Crippen molar-refractivity contribution in [2.75, 3.05) is 19.6 Å². The van der Waals surface area contributed by atoms with Gasteiger partial charge < -0.3 is 10.8 Å². The molecule has 6 heteroatoms. The van der Waals surface area contributed by atoms with Gasteiger partial charge in [-0.3, -0.25) is 0 Å². The van der Waals surface area contributed by atoms with Crippen molar-refractivity contribution in [3.8, 4) is 11.8 Å². The third kappa shape index (κ3) is 3.19. The van der Waals surface area contributed by atoms with E-state index in [4.69, 9.17) is 5.73 Å². The lowest BCUT2D eigenvalue weighted by atomic mass is 10.1. The van der Waals surface area contributed by atoms with Gasteiger partial charge in [-0.2, -0.15) is 4.31 Å². The van der Waals surface area contributed by atoms with Crippen LogP contribution < -0.4 is 5.73 Å². The van der Waals surface area contributed by atoms with Crippen molar-refractivity contribution in [3.05, 3.63) is 29.8 Å². The molecule has 0 aromatic heterocycles. The summed E-state index contributed by atoms with van der Waals surface area (Å²) >= 11 is 0. The second-order valence-electron chi connectivity index (χ2n) is 5.12. The first-order chi connectivity index (χ1) is 9.35. The molecule has 1 unspecified atom stereocenters. The van der Waals surface area contributed by atoms with Crippen LogP contribution in [-0.2, 0) is 10.0 Å². The van der Waals surface area contributed by atoms with Crippen molar-refractivity contribution in [2.24, 2.45) is 5.73 Å². The van der Waals surface area contributed by atoms with Gasteiger partial charge >= 0.3 is 0 Å². The molecule has 1 atom stereocenters. The SMILES string of the molecule is CC1(O)CCN(S(=O)(=O)c2ccc(C#CCN)cc2)C1. The number of nitrogens with two attached hydrogens (primary N) is 1. The van der Waals surface area contributed by atoms with Crippen LogP contribution in [0.2, 0.25) is 0 Å². The smallest absolute Gasteiger partial charge is 0.243 e. The van der Waals surface area contributed by atoms with Gasteiger partial charge in [0.05, 0.1) is 17.0 Å². The van der Waals surface area contributed by atoms with Crippen LogP contribution in [0.5, 0.6) is 0 Å². The highest BCUT2D eigenvalue weighted by atomic mass is 32.2. The summed E-state index contributed by atoms with van der Waals surface area (Å²) in [6, 6.07) is 6.37. The minimum atomic E-state index is -3.55. The van der Waals surface area contributed by atoms with Crippen molar-refractivity contribution in [1.29, 1.82) is 0 Å². The lowest BCUT2D eigenvalue weighted by Gasteiger charge is -2.18. The number of sulfonamides is 1. The summed E-state index contributed by atoms with van der Waals surface area (Å²) in [5, 5.41) is 9.88. The third-order valence-corrected chi connectivity index (χ3v) is 5.10. The Morgan fingerprint density at radius 1 is 1.40 bits per heavy atom. The fraction of sp³-hybridized carbons (Fsp3) is 0.429. The minimum absolute atomic E-state index is 0.129. The molecule has 20 heavy (non-hydrogen) atoms. The average Bonchev–Trinajstić information content (AvgIpc) is 2.78. The van der Waals surface area contributed by atoms with E-state index in [0.29, 0.717) is 13.0 Å². The molecule has 0 radical (unpaired) electrons. The van der Waals surface area contributed by atoms with Crippen LogP contribution in [0.4, 0.5) is 0 Å². The van der Waals surface area contributed by atoms with E-state index in [0.717, 1.165) is 5.56 Å². The first-order valence-corrected chi connectivity index (χ1v) is 7.81. The molecule has 0 bridgehead atoms. The Labute approximate surface area is 119 Å². The molecule has 0 aliphatic carbocycles. The molecule has 5 nitrogen and oxygen atoms in total. The Morgan fingerprint density at radius 3 is 2.55 bits per heavy atom. The topological polar surface area (TPSA) is 83.6 Å². The number of nitrogens with zero attached hydrogens (tertiary/aromatic N) is 1. The van der Waals surface area contributed by atoms with Crippen LogP contribution in [0.1, 0.15) is 18.9 Å². The van der Waals surface area contributed by atoms with Gasteiger partial charge in [-0.05, 0) is 37.6 Å². The zero-order chi connectivity index (χ0) is 14.8. The van der Waals surface area contributed by atoms with E-state index in [9.17, 15) is 13.5 Å². The molecule has 2 rings (SSSR count). The average molecular weight is 294 g/mol. The highest BCUT2D eigenvalue weighted by molar-refractivity contribution is 7.89. The van der Waals surface area contributed by atoms with Crippen molar-refractivity contribution in [3.63, 3.8) is 0 Å². The molecular formula is C14H18N2O3S. The molecule has 108 valence electrons. The van der Waals surface area contributed by atoms with Gasteiger partial charge in [-0.15, -0.1) is 0 Å². The van der Waals surface area contributed by atoms with E-state index < -0.39 is 15.6 Å². The summed E-state index contributed by atoms with van der Waals surface area (Å²) in [4.78, 5) is 0.216.